The average Bonchev–Trinajstić information content (AvgIpc) is 2.97. The molecule has 2 N–H and O–H groups in total. The maximum absolute atomic E-state index is 12.1. The fraction of sp³-hybridized carbons (Fsp3) is 0.250. The lowest BCUT2D eigenvalue weighted by Gasteiger charge is -2.12. The Morgan fingerprint density at radius 3 is 2.62 bits per heavy atom. The van der Waals surface area contributed by atoms with Crippen LogP contribution in [0.5, 0.6) is 5.75 Å². The third kappa shape index (κ3) is 3.59. The standard InChI is InChI=1S/C20H22N2O2/c1-14-6-5-7-15(2)20(14)24-11-10-21-19(23)12-16-13-22-18-9-4-3-8-17(16)18/h3-9,13,22H,10-12H2,1-2H3,(H,21,23). The van der Waals surface area contributed by atoms with Crippen LogP contribution >= 0.6 is 0 Å². The Bertz CT molecular complexity index is 831. The van der Waals surface area contributed by atoms with Crippen LogP contribution < -0.4 is 10.1 Å². The number of para-hydroxylation sites is 2. The van der Waals surface area contributed by atoms with Crippen molar-refractivity contribution in [2.45, 2.75) is 20.3 Å². The van der Waals surface area contributed by atoms with E-state index in [1.165, 1.54) is 0 Å². The second kappa shape index (κ2) is 7.21. The van der Waals surface area contributed by atoms with Crippen molar-refractivity contribution in [2.75, 3.05) is 13.2 Å². The van der Waals surface area contributed by atoms with Crippen LogP contribution in [0.2, 0.25) is 0 Å². The SMILES string of the molecule is Cc1cccc(C)c1OCCNC(=O)Cc1c[nH]c2ccccc12. The number of hydrogen-bond acceptors (Lipinski definition) is 2. The second-order valence-electron chi connectivity index (χ2n) is 5.96. The zero-order valence-corrected chi connectivity index (χ0v) is 14.1. The summed E-state index contributed by atoms with van der Waals surface area (Å²) < 4.78 is 5.80. The highest BCUT2D eigenvalue weighted by Crippen LogP contribution is 2.22. The molecule has 0 saturated carbocycles. The van der Waals surface area contributed by atoms with Crippen LogP contribution in [0.3, 0.4) is 0 Å². The van der Waals surface area contributed by atoms with Crippen molar-refractivity contribution < 1.29 is 9.53 Å². The molecule has 24 heavy (non-hydrogen) atoms. The number of aromatic amines is 1. The Morgan fingerprint density at radius 2 is 1.83 bits per heavy atom. The van der Waals surface area contributed by atoms with Crippen LogP contribution in [0.25, 0.3) is 10.9 Å². The maximum Gasteiger partial charge on any atom is 0.224 e. The van der Waals surface area contributed by atoms with E-state index >= 15 is 0 Å². The summed E-state index contributed by atoms with van der Waals surface area (Å²) in [4.78, 5) is 15.3. The third-order valence-electron chi connectivity index (χ3n) is 4.11. The van der Waals surface area contributed by atoms with E-state index in [0.29, 0.717) is 19.6 Å². The van der Waals surface area contributed by atoms with Gasteiger partial charge in [0.1, 0.15) is 12.4 Å². The molecule has 0 fully saturated rings. The van der Waals surface area contributed by atoms with Gasteiger partial charge in [-0.15, -0.1) is 0 Å². The minimum Gasteiger partial charge on any atom is -0.491 e. The molecule has 4 heteroatoms. The van der Waals surface area contributed by atoms with Gasteiger partial charge in [-0.25, -0.2) is 0 Å². The predicted octanol–water partition coefficient (Wildman–Crippen LogP) is 3.52. The van der Waals surface area contributed by atoms with E-state index < -0.39 is 0 Å². The highest BCUT2D eigenvalue weighted by Gasteiger charge is 2.08. The normalized spacial score (nSPS) is 10.8. The first-order valence-corrected chi connectivity index (χ1v) is 8.16. The molecule has 0 unspecified atom stereocenters. The molecule has 124 valence electrons. The smallest absolute Gasteiger partial charge is 0.224 e. The Labute approximate surface area is 141 Å². The van der Waals surface area contributed by atoms with Gasteiger partial charge in [-0.2, -0.15) is 0 Å². The molecule has 0 aliphatic carbocycles. The number of carbonyl (C=O) groups is 1. The van der Waals surface area contributed by atoms with Gasteiger partial charge in [-0.3, -0.25) is 4.79 Å². The van der Waals surface area contributed by atoms with Crippen molar-refractivity contribution in [3.05, 3.63) is 65.4 Å². The molecule has 0 atom stereocenters. The molecule has 0 spiro atoms. The Hall–Kier alpha value is -2.75. The number of amides is 1. The molecule has 0 bridgehead atoms. The van der Waals surface area contributed by atoms with E-state index in [2.05, 4.69) is 10.3 Å². The molecule has 1 heterocycles. The highest BCUT2D eigenvalue weighted by atomic mass is 16.5. The Balaban J connectivity index is 1.49. The third-order valence-corrected chi connectivity index (χ3v) is 4.11. The minimum atomic E-state index is 0.00450. The van der Waals surface area contributed by atoms with Crippen molar-refractivity contribution in [3.63, 3.8) is 0 Å². The lowest BCUT2D eigenvalue weighted by Crippen LogP contribution is -2.29. The first-order valence-electron chi connectivity index (χ1n) is 8.16. The van der Waals surface area contributed by atoms with Crippen molar-refractivity contribution in [2.24, 2.45) is 0 Å². The van der Waals surface area contributed by atoms with E-state index in [0.717, 1.165) is 33.3 Å². The van der Waals surface area contributed by atoms with E-state index in [4.69, 9.17) is 4.74 Å². The first-order chi connectivity index (χ1) is 11.6. The van der Waals surface area contributed by atoms with Gasteiger partial charge in [0.2, 0.25) is 5.91 Å². The fourth-order valence-corrected chi connectivity index (χ4v) is 2.88. The number of fused-ring (bicyclic) bond motifs is 1. The number of nitrogens with one attached hydrogen (secondary N) is 2. The number of ether oxygens (including phenoxy) is 1. The molecule has 1 amide bonds. The number of aromatic nitrogens is 1. The van der Waals surface area contributed by atoms with Crippen molar-refractivity contribution in [1.82, 2.24) is 10.3 Å². The van der Waals surface area contributed by atoms with Gasteiger partial charge in [0, 0.05) is 17.1 Å². The molecule has 1 aromatic heterocycles. The van der Waals surface area contributed by atoms with Gasteiger partial charge in [0.25, 0.3) is 0 Å². The summed E-state index contributed by atoms with van der Waals surface area (Å²) in [5.41, 5.74) is 4.29. The second-order valence-corrected chi connectivity index (χ2v) is 5.96. The summed E-state index contributed by atoms with van der Waals surface area (Å²) in [6.45, 7) is 5.01. The van der Waals surface area contributed by atoms with Crippen molar-refractivity contribution in [3.8, 4) is 5.75 Å². The summed E-state index contributed by atoms with van der Waals surface area (Å²) >= 11 is 0. The Morgan fingerprint density at radius 1 is 1.08 bits per heavy atom. The number of H-pyrrole nitrogens is 1. The zero-order valence-electron chi connectivity index (χ0n) is 14.1. The lowest BCUT2D eigenvalue weighted by atomic mass is 10.1. The predicted molar refractivity (Wildman–Crippen MR) is 96.4 cm³/mol. The summed E-state index contributed by atoms with van der Waals surface area (Å²) in [5, 5.41) is 4.01. The monoisotopic (exact) mass is 322 g/mol. The van der Waals surface area contributed by atoms with Crippen molar-refractivity contribution in [1.29, 1.82) is 0 Å². The maximum atomic E-state index is 12.1. The molecule has 0 saturated heterocycles. The first kappa shape index (κ1) is 16.1. The van der Waals surface area contributed by atoms with E-state index in [1.54, 1.807) is 0 Å². The van der Waals surface area contributed by atoms with Crippen LogP contribution in [0.1, 0.15) is 16.7 Å². The molecule has 2 aromatic carbocycles. The molecule has 3 rings (SSSR count). The van der Waals surface area contributed by atoms with Crippen LogP contribution in [0.15, 0.2) is 48.7 Å². The molecular formula is C20H22N2O2. The largest absolute Gasteiger partial charge is 0.491 e. The van der Waals surface area contributed by atoms with E-state index in [1.807, 2.05) is 62.5 Å². The van der Waals surface area contributed by atoms with Crippen LogP contribution in [-0.4, -0.2) is 24.0 Å². The van der Waals surface area contributed by atoms with Gasteiger partial charge < -0.3 is 15.0 Å². The molecular weight excluding hydrogens is 300 g/mol. The summed E-state index contributed by atoms with van der Waals surface area (Å²) in [6.07, 6.45) is 2.27. The van der Waals surface area contributed by atoms with Crippen LogP contribution in [0, 0.1) is 13.8 Å². The molecule has 0 radical (unpaired) electrons. The van der Waals surface area contributed by atoms with Gasteiger partial charge in [-0.1, -0.05) is 36.4 Å². The average molecular weight is 322 g/mol. The Kier molecular flexibility index (Phi) is 4.85. The van der Waals surface area contributed by atoms with E-state index in [9.17, 15) is 4.79 Å². The van der Waals surface area contributed by atoms with Gasteiger partial charge in [0.15, 0.2) is 0 Å². The molecule has 3 aromatic rings. The van der Waals surface area contributed by atoms with E-state index in [-0.39, 0.29) is 5.91 Å². The highest BCUT2D eigenvalue weighted by molar-refractivity contribution is 5.88. The number of hydrogen-bond donors (Lipinski definition) is 2. The molecule has 0 aliphatic rings. The number of carbonyl (C=O) groups excluding carboxylic acids is 1. The minimum absolute atomic E-state index is 0.00450. The quantitative estimate of drug-likeness (QED) is 0.682. The number of rotatable bonds is 6. The zero-order chi connectivity index (χ0) is 16.9. The number of benzene rings is 2. The fourth-order valence-electron chi connectivity index (χ4n) is 2.88. The number of aryl methyl sites for hydroxylation is 2. The summed E-state index contributed by atoms with van der Waals surface area (Å²) in [7, 11) is 0. The summed E-state index contributed by atoms with van der Waals surface area (Å²) in [6, 6.07) is 14.1. The molecule has 4 nitrogen and oxygen atoms in total. The van der Waals surface area contributed by atoms with Crippen molar-refractivity contribution >= 4 is 16.8 Å². The van der Waals surface area contributed by atoms with Gasteiger partial charge in [0.05, 0.1) is 13.0 Å². The van der Waals surface area contributed by atoms with Gasteiger partial charge in [-0.05, 0) is 36.6 Å². The summed E-state index contributed by atoms with van der Waals surface area (Å²) in [5.74, 6) is 0.910. The van der Waals surface area contributed by atoms with Crippen LogP contribution in [-0.2, 0) is 11.2 Å². The van der Waals surface area contributed by atoms with Gasteiger partial charge >= 0.3 is 0 Å². The lowest BCUT2D eigenvalue weighted by molar-refractivity contribution is -0.120. The van der Waals surface area contributed by atoms with Crippen LogP contribution in [0.4, 0.5) is 0 Å². The molecule has 0 aliphatic heterocycles. The topological polar surface area (TPSA) is 54.1 Å².